The van der Waals surface area contributed by atoms with E-state index in [4.69, 9.17) is 32.7 Å². The molecule has 0 saturated heterocycles. The van der Waals surface area contributed by atoms with Gasteiger partial charge in [-0.15, -0.1) is 0 Å². The first-order chi connectivity index (χ1) is 10.9. The van der Waals surface area contributed by atoms with Gasteiger partial charge in [0.25, 0.3) is 0 Å². The molecule has 0 fully saturated rings. The topological polar surface area (TPSA) is 64.6 Å². The minimum Gasteiger partial charge on any atom is -0.497 e. The van der Waals surface area contributed by atoms with Gasteiger partial charge in [-0.3, -0.25) is 4.72 Å². The number of hydrogen-bond donors (Lipinski definition) is 1. The summed E-state index contributed by atoms with van der Waals surface area (Å²) in [6, 6.07) is 9.60. The van der Waals surface area contributed by atoms with E-state index < -0.39 is 10.0 Å². The van der Waals surface area contributed by atoms with E-state index in [1.54, 1.807) is 36.4 Å². The number of benzene rings is 2. The van der Waals surface area contributed by atoms with Crippen LogP contribution in [0.2, 0.25) is 10.0 Å². The van der Waals surface area contributed by atoms with Gasteiger partial charge in [-0.05, 0) is 24.3 Å². The zero-order chi connectivity index (χ0) is 17.0. The van der Waals surface area contributed by atoms with Gasteiger partial charge < -0.3 is 9.47 Å². The predicted octanol–water partition coefficient (Wildman–Crippen LogP) is 3.95. The normalized spacial score (nSPS) is 11.1. The monoisotopic (exact) mass is 375 g/mol. The first kappa shape index (κ1) is 17.7. The number of nitrogens with one attached hydrogen (secondary N) is 1. The third kappa shape index (κ3) is 4.43. The molecule has 2 rings (SSSR count). The van der Waals surface area contributed by atoms with Gasteiger partial charge in [0.15, 0.2) is 0 Å². The van der Waals surface area contributed by atoms with Crippen LogP contribution < -0.4 is 14.2 Å². The molecule has 0 unspecified atom stereocenters. The zero-order valence-electron chi connectivity index (χ0n) is 12.5. The molecule has 0 aliphatic heterocycles. The molecule has 0 atom stereocenters. The number of anilines is 1. The lowest BCUT2D eigenvalue weighted by Crippen LogP contribution is -2.16. The maximum atomic E-state index is 12.4. The quantitative estimate of drug-likeness (QED) is 0.829. The third-order valence-corrected chi connectivity index (χ3v) is 4.98. The molecular formula is C15H15Cl2NO4S. The molecule has 5 nitrogen and oxygen atoms in total. The fourth-order valence-electron chi connectivity index (χ4n) is 1.95. The molecular weight excluding hydrogens is 361 g/mol. The summed E-state index contributed by atoms with van der Waals surface area (Å²) < 4.78 is 37.5. The highest BCUT2D eigenvalue weighted by molar-refractivity contribution is 7.91. The predicted molar refractivity (Wildman–Crippen MR) is 92.3 cm³/mol. The zero-order valence-corrected chi connectivity index (χ0v) is 14.8. The first-order valence-electron chi connectivity index (χ1n) is 6.51. The lowest BCUT2D eigenvalue weighted by Gasteiger charge is -2.14. The van der Waals surface area contributed by atoms with Crippen LogP contribution >= 0.6 is 23.2 Å². The van der Waals surface area contributed by atoms with Gasteiger partial charge in [-0.25, -0.2) is 8.42 Å². The number of halogens is 2. The largest absolute Gasteiger partial charge is 0.497 e. The lowest BCUT2D eigenvalue weighted by molar-refractivity contribution is 0.395. The second kappa shape index (κ2) is 7.29. The summed E-state index contributed by atoms with van der Waals surface area (Å²) in [5.41, 5.74) is 0.646. The van der Waals surface area contributed by atoms with Gasteiger partial charge in [0.1, 0.15) is 11.5 Å². The van der Waals surface area contributed by atoms with E-state index in [0.29, 0.717) is 32.8 Å². The Hall–Kier alpha value is -1.63. The smallest absolute Gasteiger partial charge is 0.237 e. The second-order valence-electron chi connectivity index (χ2n) is 4.63. The molecule has 1 N–H and O–H groups in total. The molecule has 0 heterocycles. The summed E-state index contributed by atoms with van der Waals surface area (Å²) >= 11 is 12.0. The summed E-state index contributed by atoms with van der Waals surface area (Å²) in [6.45, 7) is 0. The molecule has 2 aromatic carbocycles. The van der Waals surface area contributed by atoms with Crippen LogP contribution in [0.4, 0.5) is 5.69 Å². The molecule has 8 heteroatoms. The van der Waals surface area contributed by atoms with Crippen molar-refractivity contribution in [2.45, 2.75) is 5.75 Å². The van der Waals surface area contributed by atoms with Crippen molar-refractivity contribution >= 4 is 38.9 Å². The number of hydrogen-bond acceptors (Lipinski definition) is 4. The Bertz CT molecular complexity index is 789. The molecule has 0 saturated carbocycles. The summed E-state index contributed by atoms with van der Waals surface area (Å²) in [4.78, 5) is 0. The Labute approximate surface area is 145 Å². The number of ether oxygens (including phenoxy) is 2. The Morgan fingerprint density at radius 3 is 2.26 bits per heavy atom. The molecule has 23 heavy (non-hydrogen) atoms. The number of rotatable bonds is 6. The van der Waals surface area contributed by atoms with E-state index in [-0.39, 0.29) is 5.75 Å². The van der Waals surface area contributed by atoms with Gasteiger partial charge in [-0.2, -0.15) is 0 Å². The summed E-state index contributed by atoms with van der Waals surface area (Å²) in [5.74, 6) is 0.554. The molecule has 0 aliphatic rings. The van der Waals surface area contributed by atoms with Crippen LogP contribution in [0.1, 0.15) is 5.56 Å². The maximum absolute atomic E-state index is 12.4. The Kier molecular flexibility index (Phi) is 5.62. The van der Waals surface area contributed by atoms with Crippen molar-refractivity contribution in [2.24, 2.45) is 0 Å². The molecule has 0 radical (unpaired) electrons. The fourth-order valence-corrected chi connectivity index (χ4v) is 3.90. The van der Waals surface area contributed by atoms with Gasteiger partial charge in [0, 0.05) is 21.7 Å². The molecule has 0 aliphatic carbocycles. The van der Waals surface area contributed by atoms with Crippen LogP contribution in [0.25, 0.3) is 0 Å². The second-order valence-corrected chi connectivity index (χ2v) is 7.16. The van der Waals surface area contributed by atoms with Gasteiger partial charge >= 0.3 is 0 Å². The van der Waals surface area contributed by atoms with E-state index >= 15 is 0 Å². The van der Waals surface area contributed by atoms with Crippen LogP contribution in [0.5, 0.6) is 11.5 Å². The molecule has 0 spiro atoms. The van der Waals surface area contributed by atoms with Crippen LogP contribution in [-0.4, -0.2) is 22.6 Å². The summed E-state index contributed by atoms with van der Waals surface area (Å²) in [5, 5.41) is 0.592. The Balaban J connectivity index is 2.28. The van der Waals surface area contributed by atoms with Gasteiger partial charge in [-0.1, -0.05) is 29.3 Å². The van der Waals surface area contributed by atoms with Crippen LogP contribution in [0.3, 0.4) is 0 Å². The van der Waals surface area contributed by atoms with Crippen molar-refractivity contribution in [1.82, 2.24) is 0 Å². The van der Waals surface area contributed by atoms with Crippen LogP contribution in [0, 0.1) is 0 Å². The van der Waals surface area contributed by atoms with E-state index in [9.17, 15) is 8.42 Å². The molecule has 0 amide bonds. The number of methoxy groups -OCH3 is 2. The Morgan fingerprint density at radius 1 is 1.04 bits per heavy atom. The minimum absolute atomic E-state index is 0.296. The van der Waals surface area contributed by atoms with E-state index in [1.807, 2.05) is 0 Å². The SMILES string of the molecule is COc1ccc(NS(=O)(=O)Cc2c(Cl)cccc2Cl)c(OC)c1. The van der Waals surface area contributed by atoms with E-state index in [0.717, 1.165) is 0 Å². The highest BCUT2D eigenvalue weighted by Gasteiger charge is 2.18. The van der Waals surface area contributed by atoms with Crippen LogP contribution in [0.15, 0.2) is 36.4 Å². The molecule has 0 aromatic heterocycles. The van der Waals surface area contributed by atoms with E-state index in [1.165, 1.54) is 14.2 Å². The summed E-state index contributed by atoms with van der Waals surface area (Å²) in [7, 11) is -0.771. The maximum Gasteiger partial charge on any atom is 0.237 e. The van der Waals surface area contributed by atoms with Crippen LogP contribution in [-0.2, 0) is 15.8 Å². The Morgan fingerprint density at radius 2 is 1.70 bits per heavy atom. The number of sulfonamides is 1. The van der Waals surface area contributed by atoms with Gasteiger partial charge in [0.05, 0.1) is 25.7 Å². The lowest BCUT2D eigenvalue weighted by atomic mass is 10.2. The van der Waals surface area contributed by atoms with Crippen molar-refractivity contribution in [1.29, 1.82) is 0 Å². The van der Waals surface area contributed by atoms with Gasteiger partial charge in [0.2, 0.25) is 10.0 Å². The molecule has 0 bridgehead atoms. The highest BCUT2D eigenvalue weighted by atomic mass is 35.5. The standard InChI is InChI=1S/C15H15Cl2NO4S/c1-21-10-6-7-14(15(8-10)22-2)18-23(19,20)9-11-12(16)4-3-5-13(11)17/h3-8,18H,9H2,1-2H3. The molecule has 124 valence electrons. The average Bonchev–Trinajstić information content (AvgIpc) is 2.51. The van der Waals surface area contributed by atoms with Crippen molar-refractivity contribution in [3.8, 4) is 11.5 Å². The van der Waals surface area contributed by atoms with Crippen molar-refractivity contribution in [2.75, 3.05) is 18.9 Å². The fraction of sp³-hybridized carbons (Fsp3) is 0.200. The average molecular weight is 376 g/mol. The van der Waals surface area contributed by atoms with E-state index in [2.05, 4.69) is 4.72 Å². The minimum atomic E-state index is -3.72. The van der Waals surface area contributed by atoms with Crippen molar-refractivity contribution < 1.29 is 17.9 Å². The summed E-state index contributed by atoms with van der Waals surface area (Å²) in [6.07, 6.45) is 0. The third-order valence-electron chi connectivity index (χ3n) is 3.07. The van der Waals surface area contributed by atoms with Crippen molar-refractivity contribution in [3.05, 3.63) is 52.0 Å². The molecule has 2 aromatic rings. The first-order valence-corrected chi connectivity index (χ1v) is 8.92. The highest BCUT2D eigenvalue weighted by Crippen LogP contribution is 2.31. The van der Waals surface area contributed by atoms with Crippen molar-refractivity contribution in [3.63, 3.8) is 0 Å².